The van der Waals surface area contributed by atoms with Crippen molar-refractivity contribution >= 4 is 5.97 Å². The Labute approximate surface area is 107 Å². The summed E-state index contributed by atoms with van der Waals surface area (Å²) in [5.41, 5.74) is 0.329. The lowest BCUT2D eigenvalue weighted by atomic mass is 9.95. The molecule has 100 valence electrons. The van der Waals surface area contributed by atoms with E-state index in [2.05, 4.69) is 10.4 Å². The van der Waals surface area contributed by atoms with E-state index in [-0.39, 0.29) is 0 Å². The van der Waals surface area contributed by atoms with Crippen molar-refractivity contribution in [3.63, 3.8) is 0 Å². The van der Waals surface area contributed by atoms with Crippen molar-refractivity contribution in [3.05, 3.63) is 18.0 Å². The molecule has 1 aromatic rings. The van der Waals surface area contributed by atoms with Gasteiger partial charge in [0.25, 0.3) is 0 Å². The predicted octanol–water partition coefficient (Wildman–Crippen LogP) is 1.57. The molecule has 0 spiro atoms. The Bertz CT molecular complexity index is 426. The van der Waals surface area contributed by atoms with Crippen LogP contribution in [0.2, 0.25) is 0 Å². The molecule has 1 atom stereocenters. The van der Waals surface area contributed by atoms with E-state index in [1.54, 1.807) is 6.92 Å². The van der Waals surface area contributed by atoms with E-state index in [0.717, 1.165) is 31.4 Å². The second-order valence-electron chi connectivity index (χ2n) is 5.44. The smallest absolute Gasteiger partial charge is 0.323 e. The van der Waals surface area contributed by atoms with Gasteiger partial charge in [0, 0.05) is 18.8 Å². The molecule has 1 fully saturated rings. The highest BCUT2D eigenvalue weighted by Gasteiger charge is 2.37. The lowest BCUT2D eigenvalue weighted by Gasteiger charge is -2.26. The van der Waals surface area contributed by atoms with Crippen LogP contribution in [0.3, 0.4) is 0 Å². The van der Waals surface area contributed by atoms with Crippen LogP contribution in [0.4, 0.5) is 0 Å². The van der Waals surface area contributed by atoms with Gasteiger partial charge in [0.05, 0.1) is 6.20 Å². The minimum atomic E-state index is -0.802. The SMILES string of the molecule is Cc1cnn(CCCC(C)(NC2CC2)C(=O)O)c1. The third-order valence-corrected chi connectivity index (χ3v) is 3.40. The molecular formula is C13H21N3O2. The van der Waals surface area contributed by atoms with E-state index in [1.807, 2.05) is 24.0 Å². The summed E-state index contributed by atoms with van der Waals surface area (Å²) in [6.45, 7) is 4.55. The van der Waals surface area contributed by atoms with E-state index in [1.165, 1.54) is 0 Å². The van der Waals surface area contributed by atoms with Crippen LogP contribution in [-0.4, -0.2) is 32.4 Å². The largest absolute Gasteiger partial charge is 0.480 e. The zero-order valence-corrected chi connectivity index (χ0v) is 11.0. The first-order valence-electron chi connectivity index (χ1n) is 6.50. The molecule has 1 aliphatic carbocycles. The Kier molecular flexibility index (Phi) is 3.71. The first kappa shape index (κ1) is 13.1. The van der Waals surface area contributed by atoms with Gasteiger partial charge in [0.2, 0.25) is 0 Å². The Balaban J connectivity index is 1.83. The van der Waals surface area contributed by atoms with E-state index in [9.17, 15) is 9.90 Å². The van der Waals surface area contributed by atoms with Gasteiger partial charge in [-0.05, 0) is 45.1 Å². The quantitative estimate of drug-likeness (QED) is 0.772. The summed E-state index contributed by atoms with van der Waals surface area (Å²) < 4.78 is 1.87. The molecule has 2 rings (SSSR count). The molecule has 0 aromatic carbocycles. The molecule has 1 unspecified atom stereocenters. The molecule has 1 aliphatic rings. The topological polar surface area (TPSA) is 67.2 Å². The Morgan fingerprint density at radius 1 is 1.67 bits per heavy atom. The maximum absolute atomic E-state index is 11.3. The van der Waals surface area contributed by atoms with Gasteiger partial charge in [0.1, 0.15) is 5.54 Å². The molecule has 2 N–H and O–H groups in total. The summed E-state index contributed by atoms with van der Waals surface area (Å²) in [7, 11) is 0. The van der Waals surface area contributed by atoms with Crippen molar-refractivity contribution in [1.29, 1.82) is 0 Å². The monoisotopic (exact) mass is 251 g/mol. The number of aliphatic carboxylic acids is 1. The maximum Gasteiger partial charge on any atom is 0.323 e. The van der Waals surface area contributed by atoms with E-state index < -0.39 is 11.5 Å². The Morgan fingerprint density at radius 3 is 2.89 bits per heavy atom. The molecule has 0 bridgehead atoms. The fraction of sp³-hybridized carbons (Fsp3) is 0.692. The van der Waals surface area contributed by atoms with E-state index in [0.29, 0.717) is 12.5 Å². The molecular weight excluding hydrogens is 230 g/mol. The van der Waals surface area contributed by atoms with Crippen molar-refractivity contribution in [2.75, 3.05) is 0 Å². The Morgan fingerprint density at radius 2 is 2.39 bits per heavy atom. The third kappa shape index (κ3) is 3.32. The van der Waals surface area contributed by atoms with Crippen LogP contribution in [0, 0.1) is 6.92 Å². The summed E-state index contributed by atoms with van der Waals surface area (Å²) in [5, 5.41) is 16.8. The average molecular weight is 251 g/mol. The summed E-state index contributed by atoms with van der Waals surface area (Å²) in [6, 6.07) is 0.401. The van der Waals surface area contributed by atoms with Crippen molar-refractivity contribution < 1.29 is 9.90 Å². The normalized spacial score (nSPS) is 18.6. The van der Waals surface area contributed by atoms with Gasteiger partial charge >= 0.3 is 5.97 Å². The highest BCUT2D eigenvalue weighted by molar-refractivity contribution is 5.78. The predicted molar refractivity (Wildman–Crippen MR) is 68.4 cm³/mol. The van der Waals surface area contributed by atoms with Gasteiger partial charge in [-0.2, -0.15) is 5.10 Å². The van der Waals surface area contributed by atoms with E-state index in [4.69, 9.17) is 0 Å². The minimum absolute atomic E-state index is 0.401. The van der Waals surface area contributed by atoms with Crippen LogP contribution in [0.15, 0.2) is 12.4 Å². The zero-order chi connectivity index (χ0) is 13.2. The van der Waals surface area contributed by atoms with Crippen molar-refractivity contribution in [1.82, 2.24) is 15.1 Å². The highest BCUT2D eigenvalue weighted by Crippen LogP contribution is 2.25. The van der Waals surface area contributed by atoms with Crippen molar-refractivity contribution in [2.24, 2.45) is 0 Å². The molecule has 0 saturated heterocycles. The van der Waals surface area contributed by atoms with Crippen molar-refractivity contribution in [3.8, 4) is 0 Å². The number of hydrogen-bond acceptors (Lipinski definition) is 3. The maximum atomic E-state index is 11.3. The number of carboxylic acids is 1. The lowest BCUT2D eigenvalue weighted by molar-refractivity contribution is -0.144. The highest BCUT2D eigenvalue weighted by atomic mass is 16.4. The average Bonchev–Trinajstić information content (AvgIpc) is 3.00. The van der Waals surface area contributed by atoms with Crippen molar-refractivity contribution in [2.45, 2.75) is 57.7 Å². The van der Waals surface area contributed by atoms with Crippen LogP contribution in [-0.2, 0) is 11.3 Å². The second-order valence-corrected chi connectivity index (χ2v) is 5.44. The molecule has 1 heterocycles. The molecule has 5 heteroatoms. The van der Waals surface area contributed by atoms with E-state index >= 15 is 0 Å². The number of rotatable bonds is 7. The molecule has 1 saturated carbocycles. The number of carboxylic acid groups (broad SMARTS) is 1. The lowest BCUT2D eigenvalue weighted by Crippen LogP contribution is -2.50. The summed E-state index contributed by atoms with van der Waals surface area (Å²) >= 11 is 0. The van der Waals surface area contributed by atoms with Gasteiger partial charge < -0.3 is 5.11 Å². The third-order valence-electron chi connectivity index (χ3n) is 3.40. The summed E-state index contributed by atoms with van der Waals surface area (Å²) in [4.78, 5) is 11.3. The van der Waals surface area contributed by atoms with Crippen LogP contribution in [0.25, 0.3) is 0 Å². The molecule has 18 heavy (non-hydrogen) atoms. The number of carbonyl (C=O) groups is 1. The van der Waals surface area contributed by atoms with Gasteiger partial charge in [-0.1, -0.05) is 0 Å². The van der Waals surface area contributed by atoms with Gasteiger partial charge in [-0.25, -0.2) is 0 Å². The number of aryl methyl sites for hydroxylation is 2. The van der Waals surface area contributed by atoms with Gasteiger partial charge in [0.15, 0.2) is 0 Å². The fourth-order valence-electron chi connectivity index (χ4n) is 2.10. The minimum Gasteiger partial charge on any atom is -0.480 e. The first-order chi connectivity index (χ1) is 8.49. The summed E-state index contributed by atoms with van der Waals surface area (Å²) in [6.07, 6.45) is 7.43. The van der Waals surface area contributed by atoms with Crippen LogP contribution < -0.4 is 5.32 Å². The number of aromatic nitrogens is 2. The molecule has 0 amide bonds. The fourth-order valence-corrected chi connectivity index (χ4v) is 2.10. The molecule has 0 aliphatic heterocycles. The molecule has 0 radical (unpaired) electrons. The molecule has 1 aromatic heterocycles. The number of nitrogens with one attached hydrogen (secondary N) is 1. The molecule has 5 nitrogen and oxygen atoms in total. The summed E-state index contributed by atoms with van der Waals surface area (Å²) in [5.74, 6) is -0.758. The van der Waals surface area contributed by atoms with Crippen LogP contribution in [0.1, 0.15) is 38.2 Å². The van der Waals surface area contributed by atoms with Gasteiger partial charge in [-0.15, -0.1) is 0 Å². The van der Waals surface area contributed by atoms with Crippen LogP contribution in [0.5, 0.6) is 0 Å². The second kappa shape index (κ2) is 5.10. The van der Waals surface area contributed by atoms with Gasteiger partial charge in [-0.3, -0.25) is 14.8 Å². The first-order valence-corrected chi connectivity index (χ1v) is 6.50. The standard InChI is InChI=1S/C13H21N3O2/c1-10-8-14-16(9-10)7-3-6-13(2,12(17)18)15-11-4-5-11/h8-9,11,15H,3-7H2,1-2H3,(H,17,18). The number of nitrogens with zero attached hydrogens (tertiary/aromatic N) is 2. The Hall–Kier alpha value is -1.36. The number of hydrogen-bond donors (Lipinski definition) is 2. The zero-order valence-electron chi connectivity index (χ0n) is 11.0. The van der Waals surface area contributed by atoms with Crippen LogP contribution >= 0.6 is 0 Å².